The van der Waals surface area contributed by atoms with Crippen molar-refractivity contribution in [2.75, 3.05) is 7.11 Å². The molecule has 0 N–H and O–H groups in total. The zero-order chi connectivity index (χ0) is 27.4. The lowest BCUT2D eigenvalue weighted by Crippen LogP contribution is -2.25. The molecule has 1 heterocycles. The molecule has 5 rings (SSSR count). The first-order valence-electron chi connectivity index (χ1n) is 12.7. The zero-order valence-electron chi connectivity index (χ0n) is 21.4. The van der Waals surface area contributed by atoms with Crippen molar-refractivity contribution in [1.82, 2.24) is 9.66 Å². The van der Waals surface area contributed by atoms with Gasteiger partial charge < -0.3 is 9.47 Å². The second-order valence-corrected chi connectivity index (χ2v) is 10.6. The topological polar surface area (TPSA) is 109 Å². The van der Waals surface area contributed by atoms with E-state index < -0.39 is 4.92 Å². The van der Waals surface area contributed by atoms with Gasteiger partial charge in [-0.15, -0.1) is 0 Å². The van der Waals surface area contributed by atoms with Crippen LogP contribution in [0.25, 0.3) is 10.9 Å². The molecule has 0 amide bonds. The highest BCUT2D eigenvalue weighted by molar-refractivity contribution is 14.1. The summed E-state index contributed by atoms with van der Waals surface area (Å²) in [7, 11) is 1.56. The lowest BCUT2D eigenvalue weighted by molar-refractivity contribution is -0.384. The van der Waals surface area contributed by atoms with Crippen LogP contribution in [-0.4, -0.2) is 27.9 Å². The van der Waals surface area contributed by atoms with E-state index in [1.165, 1.54) is 23.2 Å². The Kier molecular flexibility index (Phi) is 8.20. The van der Waals surface area contributed by atoms with Crippen molar-refractivity contribution in [3.8, 4) is 11.5 Å². The number of hydrogen-bond donors (Lipinski definition) is 0. The molecular weight excluding hydrogens is 611 g/mol. The molecule has 10 heteroatoms. The van der Waals surface area contributed by atoms with Crippen LogP contribution in [0.3, 0.4) is 0 Å². The van der Waals surface area contributed by atoms with E-state index in [-0.39, 0.29) is 23.8 Å². The van der Waals surface area contributed by atoms with E-state index in [2.05, 4.69) is 27.7 Å². The average Bonchev–Trinajstić information content (AvgIpc) is 2.96. The number of aromatic nitrogens is 2. The van der Waals surface area contributed by atoms with Crippen molar-refractivity contribution >= 4 is 45.4 Å². The van der Waals surface area contributed by atoms with Gasteiger partial charge in [-0.3, -0.25) is 14.9 Å². The minimum Gasteiger partial charge on any atom is -0.493 e. The maximum absolute atomic E-state index is 13.5. The molecule has 200 valence electrons. The molecular formula is C29H27IN4O5. The number of hydrogen-bond acceptors (Lipinski definition) is 7. The van der Waals surface area contributed by atoms with Crippen LogP contribution in [0, 0.1) is 13.7 Å². The Labute approximate surface area is 238 Å². The first-order valence-corrected chi connectivity index (χ1v) is 13.8. The standard InChI is InChI=1S/C29H27IN4O5/c1-38-26-16-20(15-24(30)27(26)39-18-19-11-13-22(14-12-19)34(36)37)17-31-33-28(21-7-3-2-4-8-21)32-25-10-6-5-9-23(25)29(33)35/h5-6,9-17,21H,2-4,7-8,18H2,1H3. The third-order valence-electron chi connectivity index (χ3n) is 6.85. The molecule has 0 bridgehead atoms. The predicted molar refractivity (Wildman–Crippen MR) is 158 cm³/mol. The number of nitrogens with zero attached hydrogens (tertiary/aromatic N) is 4. The summed E-state index contributed by atoms with van der Waals surface area (Å²) in [6, 6.07) is 17.3. The molecule has 3 aromatic carbocycles. The van der Waals surface area contributed by atoms with Crippen LogP contribution >= 0.6 is 22.6 Å². The smallest absolute Gasteiger partial charge is 0.282 e. The number of halogens is 1. The largest absolute Gasteiger partial charge is 0.493 e. The van der Waals surface area contributed by atoms with Gasteiger partial charge in [-0.1, -0.05) is 31.4 Å². The molecule has 0 aliphatic heterocycles. The van der Waals surface area contributed by atoms with Gasteiger partial charge in [0.05, 0.1) is 32.7 Å². The Hall–Kier alpha value is -3.80. The quantitative estimate of drug-likeness (QED) is 0.0953. The fourth-order valence-corrected chi connectivity index (χ4v) is 5.61. The summed E-state index contributed by atoms with van der Waals surface area (Å²) in [5.74, 6) is 1.97. The number of non-ortho nitro benzene ring substituents is 1. The molecule has 1 fully saturated rings. The summed E-state index contributed by atoms with van der Waals surface area (Å²) >= 11 is 2.17. The minimum absolute atomic E-state index is 0.0296. The van der Waals surface area contributed by atoms with Gasteiger partial charge >= 0.3 is 0 Å². The zero-order valence-corrected chi connectivity index (χ0v) is 23.5. The van der Waals surface area contributed by atoms with E-state index in [4.69, 9.17) is 14.5 Å². The summed E-state index contributed by atoms with van der Waals surface area (Å²) in [6.07, 6.45) is 7.07. The molecule has 1 aromatic heterocycles. The number of fused-ring (bicyclic) bond motifs is 1. The van der Waals surface area contributed by atoms with Gasteiger partial charge in [0.1, 0.15) is 12.4 Å². The van der Waals surface area contributed by atoms with Crippen LogP contribution in [0.4, 0.5) is 5.69 Å². The van der Waals surface area contributed by atoms with E-state index in [0.29, 0.717) is 28.2 Å². The highest BCUT2D eigenvalue weighted by Crippen LogP contribution is 2.35. The second-order valence-electron chi connectivity index (χ2n) is 9.43. The van der Waals surface area contributed by atoms with Crippen molar-refractivity contribution in [2.24, 2.45) is 5.10 Å². The summed E-state index contributed by atoms with van der Waals surface area (Å²) in [6.45, 7) is 0.223. The van der Waals surface area contributed by atoms with Crippen molar-refractivity contribution in [2.45, 2.75) is 44.6 Å². The number of nitro benzene ring substituents is 1. The van der Waals surface area contributed by atoms with Crippen LogP contribution in [0.5, 0.6) is 11.5 Å². The molecule has 0 unspecified atom stereocenters. The van der Waals surface area contributed by atoms with E-state index in [1.54, 1.807) is 37.6 Å². The molecule has 39 heavy (non-hydrogen) atoms. The van der Waals surface area contributed by atoms with Crippen molar-refractivity contribution in [1.29, 1.82) is 0 Å². The van der Waals surface area contributed by atoms with Crippen LogP contribution in [0.2, 0.25) is 0 Å². The highest BCUT2D eigenvalue weighted by atomic mass is 127. The number of benzene rings is 3. The Bertz CT molecular complexity index is 1590. The van der Waals surface area contributed by atoms with Crippen LogP contribution in [0.15, 0.2) is 70.6 Å². The molecule has 4 aromatic rings. The number of rotatable bonds is 8. The normalized spacial score (nSPS) is 14.1. The fourth-order valence-electron chi connectivity index (χ4n) is 4.83. The number of nitro groups is 1. The maximum atomic E-state index is 13.5. The van der Waals surface area contributed by atoms with Gasteiger partial charge in [0.25, 0.3) is 11.2 Å². The number of para-hydroxylation sites is 1. The predicted octanol–water partition coefficient (Wildman–Crippen LogP) is 6.43. The SMILES string of the molecule is COc1cc(C=Nn2c(C3CCCCC3)nc3ccccc3c2=O)cc(I)c1OCc1ccc([N+](=O)[O-])cc1. The number of ether oxygens (including phenoxy) is 2. The first-order chi connectivity index (χ1) is 18.9. The van der Waals surface area contributed by atoms with Gasteiger partial charge in [-0.05, 0) is 83.0 Å². The number of methoxy groups -OCH3 is 1. The Morgan fingerprint density at radius 1 is 1.13 bits per heavy atom. The molecule has 1 aliphatic rings. The monoisotopic (exact) mass is 638 g/mol. The van der Waals surface area contributed by atoms with E-state index in [0.717, 1.165) is 40.4 Å². The third kappa shape index (κ3) is 5.95. The average molecular weight is 638 g/mol. The van der Waals surface area contributed by atoms with Crippen LogP contribution in [-0.2, 0) is 6.61 Å². The van der Waals surface area contributed by atoms with E-state index in [1.807, 2.05) is 24.3 Å². The molecule has 0 radical (unpaired) electrons. The minimum atomic E-state index is -0.433. The first kappa shape index (κ1) is 26.8. The van der Waals surface area contributed by atoms with Crippen molar-refractivity contribution < 1.29 is 14.4 Å². The van der Waals surface area contributed by atoms with E-state index >= 15 is 0 Å². The molecule has 0 atom stereocenters. The van der Waals surface area contributed by atoms with Gasteiger partial charge in [0, 0.05) is 18.1 Å². The summed E-state index contributed by atoms with van der Waals surface area (Å²) < 4.78 is 13.9. The van der Waals surface area contributed by atoms with Gasteiger partial charge in [-0.2, -0.15) is 9.78 Å². The van der Waals surface area contributed by atoms with E-state index in [9.17, 15) is 14.9 Å². The van der Waals surface area contributed by atoms with Gasteiger partial charge in [0.15, 0.2) is 11.5 Å². The third-order valence-corrected chi connectivity index (χ3v) is 7.65. The Balaban J connectivity index is 1.44. The highest BCUT2D eigenvalue weighted by Gasteiger charge is 2.22. The molecule has 0 spiro atoms. The summed E-state index contributed by atoms with van der Waals surface area (Å²) in [4.78, 5) is 28.8. The second kappa shape index (κ2) is 11.9. The Morgan fingerprint density at radius 3 is 2.59 bits per heavy atom. The van der Waals surface area contributed by atoms with Gasteiger partial charge in [-0.25, -0.2) is 4.98 Å². The molecule has 1 aliphatic carbocycles. The lowest BCUT2D eigenvalue weighted by atomic mass is 9.88. The summed E-state index contributed by atoms with van der Waals surface area (Å²) in [5, 5.41) is 16.1. The molecule has 9 nitrogen and oxygen atoms in total. The molecule has 1 saturated carbocycles. The lowest BCUT2D eigenvalue weighted by Gasteiger charge is -2.22. The summed E-state index contributed by atoms with van der Waals surface area (Å²) in [5.41, 5.74) is 2.08. The van der Waals surface area contributed by atoms with Crippen LogP contribution < -0.4 is 15.0 Å². The van der Waals surface area contributed by atoms with Crippen molar-refractivity contribution in [3.05, 3.63) is 102 Å². The fraction of sp³-hybridized carbons (Fsp3) is 0.276. The van der Waals surface area contributed by atoms with Crippen molar-refractivity contribution in [3.63, 3.8) is 0 Å². The van der Waals surface area contributed by atoms with Crippen LogP contribution in [0.1, 0.15) is 55.0 Å². The molecule has 0 saturated heterocycles. The maximum Gasteiger partial charge on any atom is 0.282 e. The Morgan fingerprint density at radius 2 is 1.87 bits per heavy atom. The van der Waals surface area contributed by atoms with Gasteiger partial charge in [0.2, 0.25) is 0 Å².